The molecule has 1 heterocycles. The van der Waals surface area contributed by atoms with E-state index in [0.717, 1.165) is 5.56 Å². The van der Waals surface area contributed by atoms with E-state index in [1.54, 1.807) is 6.07 Å². The standard InChI is InChI=1S/C10H11N5O3S/c1-18-8-3-6(2-7(4-8)15(16)17)5-19-10-12-9(11)13-14-10/h2-4H,5H2,1H3,(H3,11,12,13,14). The Morgan fingerprint density at radius 1 is 1.53 bits per heavy atom. The summed E-state index contributed by atoms with van der Waals surface area (Å²) in [5, 5.41) is 17.7. The molecule has 0 aliphatic heterocycles. The minimum atomic E-state index is -0.457. The quantitative estimate of drug-likeness (QED) is 0.485. The molecule has 0 saturated heterocycles. The predicted octanol–water partition coefficient (Wildman–Crippen LogP) is 1.60. The fraction of sp³-hybridized carbons (Fsp3) is 0.200. The van der Waals surface area contributed by atoms with Crippen molar-refractivity contribution in [3.8, 4) is 5.75 Å². The maximum absolute atomic E-state index is 10.8. The highest BCUT2D eigenvalue weighted by Gasteiger charge is 2.11. The van der Waals surface area contributed by atoms with Crippen molar-refractivity contribution in [2.24, 2.45) is 0 Å². The van der Waals surface area contributed by atoms with Crippen molar-refractivity contribution in [2.75, 3.05) is 12.8 Å². The number of non-ortho nitro benzene ring substituents is 1. The summed E-state index contributed by atoms with van der Waals surface area (Å²) in [7, 11) is 1.46. The van der Waals surface area contributed by atoms with E-state index in [9.17, 15) is 10.1 Å². The van der Waals surface area contributed by atoms with Crippen LogP contribution in [-0.2, 0) is 5.75 Å². The van der Waals surface area contributed by atoms with Gasteiger partial charge >= 0.3 is 0 Å². The molecule has 9 heteroatoms. The molecule has 0 unspecified atom stereocenters. The summed E-state index contributed by atoms with van der Waals surface area (Å²) in [6.07, 6.45) is 0. The van der Waals surface area contributed by atoms with Crippen LogP contribution in [0.2, 0.25) is 0 Å². The number of anilines is 1. The van der Waals surface area contributed by atoms with Crippen LogP contribution in [0.3, 0.4) is 0 Å². The summed E-state index contributed by atoms with van der Waals surface area (Å²) in [5.74, 6) is 1.16. The van der Waals surface area contributed by atoms with Crippen LogP contribution in [0, 0.1) is 10.1 Å². The fourth-order valence-electron chi connectivity index (χ4n) is 1.42. The van der Waals surface area contributed by atoms with E-state index in [1.165, 1.54) is 31.0 Å². The zero-order valence-corrected chi connectivity index (χ0v) is 10.8. The molecule has 0 saturated carbocycles. The van der Waals surface area contributed by atoms with Crippen molar-refractivity contribution in [1.82, 2.24) is 15.2 Å². The smallest absolute Gasteiger partial charge is 0.273 e. The number of nitrogens with zero attached hydrogens (tertiary/aromatic N) is 3. The summed E-state index contributed by atoms with van der Waals surface area (Å²) in [5.41, 5.74) is 6.14. The summed E-state index contributed by atoms with van der Waals surface area (Å²) in [6, 6.07) is 4.60. The first-order chi connectivity index (χ1) is 9.08. The van der Waals surface area contributed by atoms with Gasteiger partial charge in [0.05, 0.1) is 18.1 Å². The van der Waals surface area contributed by atoms with Crippen molar-refractivity contribution < 1.29 is 9.66 Å². The molecule has 100 valence electrons. The number of hydrogen-bond donors (Lipinski definition) is 2. The van der Waals surface area contributed by atoms with Gasteiger partial charge in [-0.05, 0) is 11.6 Å². The number of nitrogens with two attached hydrogens (primary N) is 1. The maximum atomic E-state index is 10.8. The predicted molar refractivity (Wildman–Crippen MR) is 70.0 cm³/mol. The van der Waals surface area contributed by atoms with Crippen molar-refractivity contribution in [3.05, 3.63) is 33.9 Å². The molecule has 0 spiro atoms. The van der Waals surface area contributed by atoms with E-state index in [2.05, 4.69) is 15.2 Å². The van der Waals surface area contributed by atoms with E-state index >= 15 is 0 Å². The van der Waals surface area contributed by atoms with E-state index in [4.69, 9.17) is 10.5 Å². The van der Waals surface area contributed by atoms with Crippen LogP contribution in [0.1, 0.15) is 5.56 Å². The van der Waals surface area contributed by atoms with Gasteiger partial charge in [0.15, 0.2) is 0 Å². The van der Waals surface area contributed by atoms with Crippen molar-refractivity contribution in [1.29, 1.82) is 0 Å². The highest BCUT2D eigenvalue weighted by molar-refractivity contribution is 7.98. The number of aromatic nitrogens is 3. The lowest BCUT2D eigenvalue weighted by Gasteiger charge is -2.03. The third-order valence-corrected chi connectivity index (χ3v) is 3.17. The van der Waals surface area contributed by atoms with Gasteiger partial charge in [-0.2, -0.15) is 4.98 Å². The largest absolute Gasteiger partial charge is 0.496 e. The lowest BCUT2D eigenvalue weighted by molar-refractivity contribution is -0.385. The number of benzene rings is 1. The van der Waals surface area contributed by atoms with Gasteiger partial charge in [0, 0.05) is 11.8 Å². The van der Waals surface area contributed by atoms with Crippen LogP contribution < -0.4 is 10.5 Å². The molecule has 1 aromatic heterocycles. The van der Waals surface area contributed by atoms with Crippen LogP contribution >= 0.6 is 11.8 Å². The lowest BCUT2D eigenvalue weighted by Crippen LogP contribution is -1.93. The van der Waals surface area contributed by atoms with Gasteiger partial charge in [0.1, 0.15) is 5.75 Å². The van der Waals surface area contributed by atoms with E-state index in [0.29, 0.717) is 16.7 Å². The number of H-pyrrole nitrogens is 1. The number of thioether (sulfide) groups is 1. The van der Waals surface area contributed by atoms with E-state index < -0.39 is 4.92 Å². The first kappa shape index (κ1) is 13.1. The minimum absolute atomic E-state index is 0.00977. The average molecular weight is 281 g/mol. The van der Waals surface area contributed by atoms with Crippen LogP contribution in [0.25, 0.3) is 0 Å². The van der Waals surface area contributed by atoms with Gasteiger partial charge in [-0.25, -0.2) is 5.10 Å². The highest BCUT2D eigenvalue weighted by Crippen LogP contribution is 2.27. The lowest BCUT2D eigenvalue weighted by atomic mass is 10.2. The normalized spacial score (nSPS) is 10.4. The minimum Gasteiger partial charge on any atom is -0.496 e. The number of ether oxygens (including phenoxy) is 1. The van der Waals surface area contributed by atoms with E-state index in [-0.39, 0.29) is 11.6 Å². The van der Waals surface area contributed by atoms with Gasteiger partial charge < -0.3 is 10.5 Å². The van der Waals surface area contributed by atoms with Crippen molar-refractivity contribution >= 4 is 23.4 Å². The van der Waals surface area contributed by atoms with Gasteiger partial charge in [-0.1, -0.05) is 11.8 Å². The molecule has 0 aliphatic carbocycles. The average Bonchev–Trinajstić information content (AvgIpc) is 2.81. The molecular formula is C10H11N5O3S. The molecular weight excluding hydrogens is 270 g/mol. The summed E-state index contributed by atoms with van der Waals surface area (Å²) in [4.78, 5) is 14.3. The van der Waals surface area contributed by atoms with Gasteiger partial charge in [0.2, 0.25) is 11.1 Å². The zero-order chi connectivity index (χ0) is 13.8. The third kappa shape index (κ3) is 3.35. The monoisotopic (exact) mass is 281 g/mol. The second-order valence-corrected chi connectivity index (χ2v) is 4.53. The topological polar surface area (TPSA) is 120 Å². The summed E-state index contributed by atoms with van der Waals surface area (Å²) < 4.78 is 5.03. The van der Waals surface area contributed by atoms with Crippen LogP contribution in [-0.4, -0.2) is 27.2 Å². The number of nitro groups is 1. The number of nitrogen functional groups attached to an aromatic ring is 1. The Balaban J connectivity index is 2.15. The van der Waals surface area contributed by atoms with Crippen molar-refractivity contribution in [2.45, 2.75) is 10.9 Å². The molecule has 19 heavy (non-hydrogen) atoms. The summed E-state index contributed by atoms with van der Waals surface area (Å²) in [6.45, 7) is 0. The Morgan fingerprint density at radius 2 is 2.32 bits per heavy atom. The molecule has 0 bridgehead atoms. The molecule has 0 amide bonds. The third-order valence-electron chi connectivity index (χ3n) is 2.25. The molecule has 0 fully saturated rings. The number of nitrogens with one attached hydrogen (secondary N) is 1. The van der Waals surface area contributed by atoms with Crippen LogP contribution in [0.4, 0.5) is 11.6 Å². The second kappa shape index (κ2) is 5.57. The Kier molecular flexibility index (Phi) is 3.85. The van der Waals surface area contributed by atoms with Gasteiger partial charge in [-0.3, -0.25) is 10.1 Å². The Morgan fingerprint density at radius 3 is 2.89 bits per heavy atom. The van der Waals surface area contributed by atoms with Crippen molar-refractivity contribution in [3.63, 3.8) is 0 Å². The van der Waals surface area contributed by atoms with E-state index in [1.807, 2.05) is 0 Å². The zero-order valence-electron chi connectivity index (χ0n) is 9.99. The second-order valence-electron chi connectivity index (χ2n) is 3.59. The highest BCUT2D eigenvalue weighted by atomic mass is 32.2. The number of nitro benzene ring substituents is 1. The summed E-state index contributed by atoms with van der Waals surface area (Å²) >= 11 is 1.32. The number of aromatic amines is 1. The number of rotatable bonds is 5. The van der Waals surface area contributed by atoms with Crippen LogP contribution in [0.5, 0.6) is 5.75 Å². The first-order valence-corrected chi connectivity index (χ1v) is 6.20. The maximum Gasteiger partial charge on any atom is 0.273 e. The van der Waals surface area contributed by atoms with Crippen LogP contribution in [0.15, 0.2) is 23.4 Å². The van der Waals surface area contributed by atoms with Gasteiger partial charge in [-0.15, -0.1) is 5.10 Å². The molecule has 3 N–H and O–H groups in total. The number of hydrogen-bond acceptors (Lipinski definition) is 7. The molecule has 2 aromatic rings. The SMILES string of the molecule is COc1cc(CSc2n[nH]c(N)n2)cc([N+](=O)[O-])c1. The molecule has 0 radical (unpaired) electrons. The molecule has 8 nitrogen and oxygen atoms in total. The molecule has 1 aromatic carbocycles. The first-order valence-electron chi connectivity index (χ1n) is 5.21. The molecule has 0 atom stereocenters. The molecule has 2 rings (SSSR count). The Hall–Kier alpha value is -2.29. The van der Waals surface area contributed by atoms with Gasteiger partial charge in [0.25, 0.3) is 5.69 Å². The Bertz CT molecular complexity index is 601. The Labute approximate surface area is 112 Å². The fourth-order valence-corrected chi connectivity index (χ4v) is 2.16. The number of methoxy groups -OCH3 is 1. The molecule has 0 aliphatic rings.